The molecule has 1 fully saturated rings. The van der Waals surface area contributed by atoms with E-state index in [-0.39, 0.29) is 0 Å². The number of aromatic nitrogens is 2. The number of hydrogen-bond donors (Lipinski definition) is 2. The fraction of sp³-hybridized carbons (Fsp3) is 0.833. The lowest BCUT2D eigenvalue weighted by molar-refractivity contribution is 0.462. The number of nitrogens with zero attached hydrogens (tertiary/aromatic N) is 2. The lowest BCUT2D eigenvalue weighted by atomic mass is 9.98. The molecule has 0 bridgehead atoms. The van der Waals surface area contributed by atoms with Crippen LogP contribution in [0.4, 0.5) is 5.13 Å². The summed E-state index contributed by atoms with van der Waals surface area (Å²) in [4.78, 5) is 4.50. The standard InChI is InChI=1S/C12H22N4S/c1-2-5-11-15-12(17-16-11)14-10(8-13)9-6-3-4-7-9/h9-10H,2-8,13H2,1H3,(H,14,15,16). The molecule has 0 radical (unpaired) electrons. The van der Waals surface area contributed by atoms with E-state index in [1.165, 1.54) is 37.2 Å². The fourth-order valence-electron chi connectivity index (χ4n) is 2.53. The van der Waals surface area contributed by atoms with Gasteiger partial charge in [-0.3, -0.25) is 0 Å². The molecule has 5 heteroatoms. The first-order valence-corrected chi connectivity index (χ1v) is 7.40. The molecule has 0 saturated heterocycles. The smallest absolute Gasteiger partial charge is 0.202 e. The maximum atomic E-state index is 5.86. The van der Waals surface area contributed by atoms with Crippen molar-refractivity contribution in [3.63, 3.8) is 0 Å². The number of hydrogen-bond acceptors (Lipinski definition) is 5. The van der Waals surface area contributed by atoms with Crippen molar-refractivity contribution in [1.29, 1.82) is 0 Å². The summed E-state index contributed by atoms with van der Waals surface area (Å²) in [5.74, 6) is 1.68. The Hall–Kier alpha value is -0.680. The zero-order valence-corrected chi connectivity index (χ0v) is 11.3. The minimum Gasteiger partial charge on any atom is -0.356 e. The zero-order chi connectivity index (χ0) is 12.1. The van der Waals surface area contributed by atoms with E-state index in [0.717, 1.165) is 29.7 Å². The molecule has 0 aliphatic heterocycles. The Bertz CT molecular complexity index is 333. The molecule has 4 nitrogen and oxygen atoms in total. The molecule has 1 saturated carbocycles. The largest absolute Gasteiger partial charge is 0.356 e. The lowest BCUT2D eigenvalue weighted by Crippen LogP contribution is -2.35. The third kappa shape index (κ3) is 3.39. The molecule has 1 aromatic rings. The monoisotopic (exact) mass is 254 g/mol. The Labute approximate surface area is 107 Å². The number of anilines is 1. The summed E-state index contributed by atoms with van der Waals surface area (Å²) in [5.41, 5.74) is 5.86. The van der Waals surface area contributed by atoms with Gasteiger partial charge < -0.3 is 11.1 Å². The quantitative estimate of drug-likeness (QED) is 0.818. The van der Waals surface area contributed by atoms with Gasteiger partial charge in [-0.1, -0.05) is 19.8 Å². The van der Waals surface area contributed by atoms with Gasteiger partial charge in [0, 0.05) is 30.5 Å². The van der Waals surface area contributed by atoms with Gasteiger partial charge in [0.15, 0.2) is 0 Å². The Morgan fingerprint density at radius 1 is 1.47 bits per heavy atom. The molecule has 96 valence electrons. The van der Waals surface area contributed by atoms with Crippen LogP contribution in [-0.4, -0.2) is 21.9 Å². The van der Waals surface area contributed by atoms with E-state index in [1.54, 1.807) is 0 Å². The van der Waals surface area contributed by atoms with Crippen molar-refractivity contribution in [3.8, 4) is 0 Å². The molecule has 17 heavy (non-hydrogen) atoms. The van der Waals surface area contributed by atoms with E-state index in [1.807, 2.05) is 0 Å². The first-order valence-electron chi connectivity index (χ1n) is 6.62. The van der Waals surface area contributed by atoms with E-state index >= 15 is 0 Å². The molecule has 3 N–H and O–H groups in total. The molecule has 0 spiro atoms. The molecule has 1 atom stereocenters. The average Bonchev–Trinajstić information content (AvgIpc) is 2.97. The number of aryl methyl sites for hydroxylation is 1. The van der Waals surface area contributed by atoms with Gasteiger partial charge in [0.05, 0.1) is 0 Å². The summed E-state index contributed by atoms with van der Waals surface area (Å²) in [7, 11) is 0. The van der Waals surface area contributed by atoms with E-state index in [9.17, 15) is 0 Å². The minimum atomic E-state index is 0.375. The van der Waals surface area contributed by atoms with Crippen LogP contribution in [0.1, 0.15) is 44.9 Å². The van der Waals surface area contributed by atoms with Gasteiger partial charge in [0.25, 0.3) is 0 Å². The number of nitrogens with two attached hydrogens (primary N) is 1. The molecule has 1 aliphatic carbocycles. The highest BCUT2D eigenvalue weighted by molar-refractivity contribution is 7.09. The second-order valence-corrected chi connectivity index (χ2v) is 5.55. The van der Waals surface area contributed by atoms with Gasteiger partial charge in [0.2, 0.25) is 5.13 Å². The molecular weight excluding hydrogens is 232 g/mol. The van der Waals surface area contributed by atoms with Crippen LogP contribution in [0, 0.1) is 5.92 Å². The van der Waals surface area contributed by atoms with Crippen molar-refractivity contribution >= 4 is 16.7 Å². The Kier molecular flexibility index (Phi) is 4.74. The molecule has 0 aromatic carbocycles. The Morgan fingerprint density at radius 2 is 2.24 bits per heavy atom. The first kappa shape index (κ1) is 12.8. The fourth-order valence-corrected chi connectivity index (χ4v) is 3.20. The van der Waals surface area contributed by atoms with Gasteiger partial charge in [-0.05, 0) is 25.2 Å². The van der Waals surface area contributed by atoms with Crippen LogP contribution in [0.2, 0.25) is 0 Å². The topological polar surface area (TPSA) is 63.8 Å². The van der Waals surface area contributed by atoms with E-state index in [2.05, 4.69) is 21.6 Å². The third-order valence-electron chi connectivity index (χ3n) is 3.47. The van der Waals surface area contributed by atoms with Crippen molar-refractivity contribution < 1.29 is 0 Å². The highest BCUT2D eigenvalue weighted by atomic mass is 32.1. The molecule has 1 unspecified atom stereocenters. The first-order chi connectivity index (χ1) is 8.33. The van der Waals surface area contributed by atoms with Gasteiger partial charge >= 0.3 is 0 Å². The molecule has 1 heterocycles. The van der Waals surface area contributed by atoms with Gasteiger partial charge in [-0.25, -0.2) is 4.98 Å². The van der Waals surface area contributed by atoms with E-state index in [0.29, 0.717) is 12.6 Å². The highest BCUT2D eigenvalue weighted by Gasteiger charge is 2.24. The van der Waals surface area contributed by atoms with E-state index in [4.69, 9.17) is 5.73 Å². The predicted molar refractivity (Wildman–Crippen MR) is 72.3 cm³/mol. The lowest BCUT2D eigenvalue weighted by Gasteiger charge is -2.22. The van der Waals surface area contributed by atoms with Crippen LogP contribution >= 0.6 is 11.5 Å². The van der Waals surface area contributed by atoms with Crippen LogP contribution in [0.15, 0.2) is 0 Å². The second kappa shape index (κ2) is 6.31. The summed E-state index contributed by atoms with van der Waals surface area (Å²) in [6.07, 6.45) is 7.36. The highest BCUT2D eigenvalue weighted by Crippen LogP contribution is 2.29. The van der Waals surface area contributed by atoms with Crippen molar-refractivity contribution in [1.82, 2.24) is 9.36 Å². The second-order valence-electron chi connectivity index (χ2n) is 4.80. The van der Waals surface area contributed by atoms with Crippen molar-refractivity contribution in [3.05, 3.63) is 5.82 Å². The molecular formula is C12H22N4S. The molecule has 0 amide bonds. The summed E-state index contributed by atoms with van der Waals surface area (Å²) < 4.78 is 4.35. The van der Waals surface area contributed by atoms with Crippen LogP contribution in [-0.2, 0) is 6.42 Å². The summed E-state index contributed by atoms with van der Waals surface area (Å²) in [6.45, 7) is 2.84. The molecule has 1 aromatic heterocycles. The third-order valence-corrected chi connectivity index (χ3v) is 4.16. The van der Waals surface area contributed by atoms with Crippen molar-refractivity contribution in [2.45, 2.75) is 51.5 Å². The number of rotatable bonds is 6. The van der Waals surface area contributed by atoms with Gasteiger partial charge in [0.1, 0.15) is 5.82 Å². The van der Waals surface area contributed by atoms with Crippen LogP contribution < -0.4 is 11.1 Å². The Morgan fingerprint density at radius 3 is 2.88 bits per heavy atom. The minimum absolute atomic E-state index is 0.375. The van der Waals surface area contributed by atoms with Crippen LogP contribution in [0.3, 0.4) is 0 Å². The molecule has 1 aliphatic rings. The summed E-state index contributed by atoms with van der Waals surface area (Å²) in [6, 6.07) is 0.375. The number of nitrogens with one attached hydrogen (secondary N) is 1. The Balaban J connectivity index is 1.92. The molecule has 2 rings (SSSR count). The summed E-state index contributed by atoms with van der Waals surface area (Å²) >= 11 is 1.46. The predicted octanol–water partition coefficient (Wildman–Crippen LogP) is 2.42. The SMILES string of the molecule is CCCc1nsc(NC(CN)C2CCCC2)n1. The summed E-state index contributed by atoms with van der Waals surface area (Å²) in [5, 5.41) is 4.41. The maximum Gasteiger partial charge on any atom is 0.202 e. The maximum absolute atomic E-state index is 5.86. The normalized spacial score (nSPS) is 18.5. The van der Waals surface area contributed by atoms with Crippen LogP contribution in [0.25, 0.3) is 0 Å². The van der Waals surface area contributed by atoms with Crippen LogP contribution in [0.5, 0.6) is 0 Å². The van der Waals surface area contributed by atoms with E-state index < -0.39 is 0 Å². The van der Waals surface area contributed by atoms with Crippen molar-refractivity contribution in [2.75, 3.05) is 11.9 Å². The van der Waals surface area contributed by atoms with Crippen molar-refractivity contribution in [2.24, 2.45) is 11.7 Å². The van der Waals surface area contributed by atoms with Gasteiger partial charge in [-0.15, -0.1) is 0 Å². The average molecular weight is 254 g/mol. The zero-order valence-electron chi connectivity index (χ0n) is 10.5. The van der Waals surface area contributed by atoms with Gasteiger partial charge in [-0.2, -0.15) is 4.37 Å².